The predicted molar refractivity (Wildman–Crippen MR) is 179 cm³/mol. The number of aromatic carboxylic acids is 1. The summed E-state index contributed by atoms with van der Waals surface area (Å²) in [4.78, 5) is 29.7. The number of phenols is 1. The fraction of sp³-hybridized carbons (Fsp3) is 0.355. The molecule has 3 aromatic rings. The van der Waals surface area contributed by atoms with Crippen molar-refractivity contribution in [3.05, 3.63) is 77.9 Å². The van der Waals surface area contributed by atoms with E-state index < -0.39 is 32.1 Å². The molecule has 14 nitrogen and oxygen atoms in total. The Kier molecular flexibility index (Phi) is 15.3. The normalized spacial score (nSPS) is 13.7. The maximum absolute atomic E-state index is 13.1. The minimum absolute atomic E-state index is 0.00660. The Hall–Kier alpha value is -4.06. The fourth-order valence-corrected chi connectivity index (χ4v) is 4.47. The number of aromatic hydroxyl groups is 1. The first-order valence-corrected chi connectivity index (χ1v) is 18.1. The van der Waals surface area contributed by atoms with Crippen molar-refractivity contribution < 1.29 is 50.5 Å². The van der Waals surface area contributed by atoms with Gasteiger partial charge in [0, 0.05) is 32.7 Å². The van der Waals surface area contributed by atoms with Gasteiger partial charge in [-0.15, -0.1) is 0 Å². The fourth-order valence-electron chi connectivity index (χ4n) is 4.47. The maximum Gasteiger partial charge on any atom is 0.337 e. The first kappa shape index (κ1) is 39.1. The van der Waals surface area contributed by atoms with Gasteiger partial charge >= 0.3 is 5.97 Å². The number of nitrogens with one attached hydrogen (secondary N) is 1. The van der Waals surface area contributed by atoms with Crippen molar-refractivity contribution in [3.8, 4) is 22.6 Å². The zero-order chi connectivity index (χ0) is 35.2. The summed E-state index contributed by atoms with van der Waals surface area (Å²) in [5.74, 6) is -1.54. The largest absolute Gasteiger partial charge is 0.507 e. The summed E-state index contributed by atoms with van der Waals surface area (Å²) >= 11 is 0. The van der Waals surface area contributed by atoms with Crippen molar-refractivity contribution in [2.45, 2.75) is 13.3 Å². The van der Waals surface area contributed by atoms with E-state index in [-0.39, 0.29) is 22.6 Å². The molecule has 3 aromatic carbocycles. The first-order valence-electron chi connectivity index (χ1n) is 14.4. The van der Waals surface area contributed by atoms with Crippen molar-refractivity contribution in [1.29, 1.82) is 0 Å². The molecule has 5 N–H and O–H groups in total. The van der Waals surface area contributed by atoms with Gasteiger partial charge in [0.05, 0.1) is 29.3 Å². The Labute approximate surface area is 275 Å². The van der Waals surface area contributed by atoms with Crippen LogP contribution in [0.4, 0.5) is 5.69 Å². The molecule has 1 aliphatic heterocycles. The lowest BCUT2D eigenvalue weighted by Gasteiger charge is -2.34. The average molecular weight is 696 g/mol. The minimum atomic E-state index is -3.67. The molecular formula is C31H41N3O11S2. The lowest BCUT2D eigenvalue weighted by Crippen LogP contribution is -2.47. The molecule has 0 saturated carbocycles. The zero-order valence-electron chi connectivity index (χ0n) is 26.4. The van der Waals surface area contributed by atoms with E-state index in [2.05, 4.69) is 22.0 Å². The molecule has 1 fully saturated rings. The van der Waals surface area contributed by atoms with Gasteiger partial charge in [0.15, 0.2) is 0 Å². The van der Waals surface area contributed by atoms with E-state index >= 15 is 0 Å². The molecule has 0 aromatic heterocycles. The van der Waals surface area contributed by atoms with Gasteiger partial charge in [0.1, 0.15) is 18.1 Å². The highest BCUT2D eigenvalue weighted by Crippen LogP contribution is 2.28. The summed E-state index contributed by atoms with van der Waals surface area (Å²) in [6.07, 6.45) is 2.59. The van der Waals surface area contributed by atoms with Crippen LogP contribution in [0.25, 0.3) is 11.1 Å². The average Bonchev–Trinajstić information content (AvgIpc) is 2.97. The lowest BCUT2D eigenvalue weighted by atomic mass is 10.0. The van der Waals surface area contributed by atoms with E-state index in [0.717, 1.165) is 56.8 Å². The molecule has 1 amide bonds. The molecule has 1 heterocycles. The molecular weight excluding hydrogens is 654 g/mol. The summed E-state index contributed by atoms with van der Waals surface area (Å²) < 4.78 is 57.6. The van der Waals surface area contributed by atoms with Crippen LogP contribution in [0.1, 0.15) is 34.1 Å². The number of carboxylic acid groups (broad SMARTS) is 1. The van der Waals surface area contributed by atoms with E-state index in [1.165, 1.54) is 18.2 Å². The number of phenolic OH excluding ortho intramolecular Hbond substituents is 1. The van der Waals surface area contributed by atoms with Crippen molar-refractivity contribution in [1.82, 2.24) is 9.80 Å². The Bertz CT molecular complexity index is 1650. The summed E-state index contributed by atoms with van der Waals surface area (Å²) in [6.45, 7) is 8.68. The van der Waals surface area contributed by atoms with Gasteiger partial charge in [0.2, 0.25) is 0 Å². The van der Waals surface area contributed by atoms with Crippen molar-refractivity contribution in [2.75, 3.05) is 63.7 Å². The number of rotatable bonds is 10. The topological polar surface area (TPSA) is 211 Å². The van der Waals surface area contributed by atoms with Crippen LogP contribution < -0.4 is 10.1 Å². The molecule has 0 spiro atoms. The SMILES string of the molecule is CCCN1CCN(CCOc2ccc(O)c(C(=O)Nc3cc(-c4ccccc4)ccc3C(=O)O)c2)CC1.CS(=O)(=O)O.CS(=O)(=O)O. The van der Waals surface area contributed by atoms with Crippen molar-refractivity contribution in [2.24, 2.45) is 0 Å². The first-order chi connectivity index (χ1) is 21.9. The molecule has 0 aliphatic carbocycles. The molecule has 1 saturated heterocycles. The third-order valence-corrected chi connectivity index (χ3v) is 6.50. The van der Waals surface area contributed by atoms with Crippen LogP contribution in [0.5, 0.6) is 11.5 Å². The summed E-state index contributed by atoms with van der Waals surface area (Å²) in [5, 5.41) is 22.6. The second-order valence-corrected chi connectivity index (χ2v) is 13.5. The second-order valence-electron chi connectivity index (χ2n) is 10.6. The molecule has 0 bridgehead atoms. The minimum Gasteiger partial charge on any atom is -0.507 e. The molecule has 16 heteroatoms. The van der Waals surface area contributed by atoms with Crippen LogP contribution in [0.15, 0.2) is 66.7 Å². The number of hydrogen-bond acceptors (Lipinski definition) is 10. The number of ether oxygens (including phenoxy) is 1. The number of carboxylic acids is 1. The Morgan fingerprint density at radius 2 is 1.34 bits per heavy atom. The van der Waals surface area contributed by atoms with Crippen LogP contribution in [0.2, 0.25) is 0 Å². The predicted octanol–water partition coefficient (Wildman–Crippen LogP) is 3.42. The Morgan fingerprint density at radius 3 is 1.87 bits per heavy atom. The number of hydrogen-bond donors (Lipinski definition) is 5. The number of carbonyl (C=O) groups excluding carboxylic acids is 1. The quantitative estimate of drug-likeness (QED) is 0.193. The molecule has 0 atom stereocenters. The van der Waals surface area contributed by atoms with Crippen LogP contribution in [0.3, 0.4) is 0 Å². The van der Waals surface area contributed by atoms with Crippen molar-refractivity contribution in [3.63, 3.8) is 0 Å². The number of piperazine rings is 1. The summed E-state index contributed by atoms with van der Waals surface area (Å²) in [6, 6.07) is 18.7. The molecule has 1 aliphatic rings. The highest BCUT2D eigenvalue weighted by atomic mass is 32.2. The van der Waals surface area contributed by atoms with Gasteiger partial charge in [-0.25, -0.2) is 4.79 Å². The number of benzene rings is 3. The third-order valence-electron chi connectivity index (χ3n) is 6.50. The van der Waals surface area contributed by atoms with Gasteiger partial charge in [0.25, 0.3) is 26.1 Å². The Morgan fingerprint density at radius 1 is 0.787 bits per heavy atom. The lowest BCUT2D eigenvalue weighted by molar-refractivity contribution is 0.0698. The molecule has 47 heavy (non-hydrogen) atoms. The standard InChI is InChI=1S/C29H33N3O5.2CH4O3S/c1-2-12-31-13-15-32(16-14-31)17-18-37-23-9-11-27(33)25(20-23)28(34)30-26-19-22(8-10-24(26)29(35)36)21-6-4-3-5-7-21;2*1-5(2,3)4/h3-11,19-20,33H,2,12-18H2,1H3,(H,30,34)(H,35,36);2*1H3,(H,2,3,4). The van der Waals surface area contributed by atoms with Gasteiger partial charge < -0.3 is 25.2 Å². The van der Waals surface area contributed by atoms with Crippen LogP contribution in [-0.2, 0) is 20.2 Å². The monoisotopic (exact) mass is 695 g/mol. The number of anilines is 1. The van der Waals surface area contributed by atoms with Crippen molar-refractivity contribution >= 4 is 37.8 Å². The number of carbonyl (C=O) groups is 2. The summed E-state index contributed by atoms with van der Waals surface area (Å²) in [5.41, 5.74) is 1.76. The van der Waals surface area contributed by atoms with Crippen LogP contribution >= 0.6 is 0 Å². The van der Waals surface area contributed by atoms with Crippen LogP contribution in [-0.4, -0.2) is 116 Å². The third kappa shape index (κ3) is 15.9. The smallest absolute Gasteiger partial charge is 0.337 e. The highest BCUT2D eigenvalue weighted by molar-refractivity contribution is 7.85. The number of amides is 1. The van der Waals surface area contributed by atoms with Crippen LogP contribution in [0, 0.1) is 0 Å². The highest BCUT2D eigenvalue weighted by Gasteiger charge is 2.19. The van der Waals surface area contributed by atoms with E-state index in [1.807, 2.05) is 30.3 Å². The van der Waals surface area contributed by atoms with E-state index in [9.17, 15) is 36.6 Å². The summed E-state index contributed by atoms with van der Waals surface area (Å²) in [7, 11) is -7.33. The second kappa shape index (κ2) is 18.3. The Balaban J connectivity index is 0.000000670. The molecule has 0 radical (unpaired) electrons. The number of nitrogens with zero attached hydrogens (tertiary/aromatic N) is 2. The molecule has 258 valence electrons. The van der Waals surface area contributed by atoms with Gasteiger partial charge in [-0.3, -0.25) is 18.8 Å². The van der Waals surface area contributed by atoms with E-state index in [4.69, 9.17) is 13.8 Å². The zero-order valence-corrected chi connectivity index (χ0v) is 28.0. The van der Waals surface area contributed by atoms with E-state index in [0.29, 0.717) is 24.9 Å². The molecule has 4 rings (SSSR count). The van der Waals surface area contributed by atoms with E-state index in [1.54, 1.807) is 18.2 Å². The van der Waals surface area contributed by atoms with Gasteiger partial charge in [-0.1, -0.05) is 43.3 Å². The van der Waals surface area contributed by atoms with Gasteiger partial charge in [-0.2, -0.15) is 16.8 Å². The molecule has 0 unspecified atom stereocenters. The van der Waals surface area contributed by atoms with Gasteiger partial charge in [-0.05, 0) is 54.4 Å². The maximum atomic E-state index is 13.1.